The summed E-state index contributed by atoms with van der Waals surface area (Å²) in [5, 5.41) is 3.26. The molecule has 2 aliphatic heterocycles. The molecule has 5 heteroatoms. The molecule has 0 amide bonds. The Morgan fingerprint density at radius 1 is 1.22 bits per heavy atom. The molecule has 0 aromatic heterocycles. The minimum absolute atomic E-state index is 0.174. The van der Waals surface area contributed by atoms with Crippen LogP contribution in [0.25, 0.3) is 0 Å². The van der Waals surface area contributed by atoms with Crippen molar-refractivity contribution in [1.29, 1.82) is 0 Å². The van der Waals surface area contributed by atoms with Crippen LogP contribution in [0, 0.1) is 0 Å². The molecule has 5 nitrogen and oxygen atoms in total. The number of benzene rings is 1. The van der Waals surface area contributed by atoms with E-state index in [4.69, 9.17) is 14.2 Å². The largest absolute Gasteiger partial charge is 0.493 e. The topological polar surface area (TPSA) is 52.1 Å². The number of nitrogens with zero attached hydrogens (tertiary/aromatic N) is 1. The summed E-state index contributed by atoms with van der Waals surface area (Å²) in [4.78, 5) is 4.59. The maximum absolute atomic E-state index is 5.84. The molecule has 1 fully saturated rings. The highest BCUT2D eigenvalue weighted by molar-refractivity contribution is 5.96. The van der Waals surface area contributed by atoms with Gasteiger partial charge < -0.3 is 19.5 Å². The summed E-state index contributed by atoms with van der Waals surface area (Å²) in [6, 6.07) is 5.95. The second-order valence-corrected chi connectivity index (χ2v) is 4.39. The lowest BCUT2D eigenvalue weighted by Crippen LogP contribution is -2.20. The van der Waals surface area contributed by atoms with E-state index in [1.807, 2.05) is 18.2 Å². The van der Waals surface area contributed by atoms with Crippen LogP contribution < -0.4 is 14.8 Å². The van der Waals surface area contributed by atoms with E-state index in [1.54, 1.807) is 14.2 Å². The summed E-state index contributed by atoms with van der Waals surface area (Å²) in [7, 11) is 3.24. The lowest BCUT2D eigenvalue weighted by atomic mass is 10.2. The summed E-state index contributed by atoms with van der Waals surface area (Å²) in [6.45, 7) is 1.76. The predicted molar refractivity (Wildman–Crippen MR) is 67.6 cm³/mol. The van der Waals surface area contributed by atoms with E-state index in [1.165, 1.54) is 0 Å². The van der Waals surface area contributed by atoms with Crippen molar-refractivity contribution in [1.82, 2.24) is 5.32 Å². The number of methoxy groups -OCH3 is 2. The molecule has 2 heterocycles. The highest BCUT2D eigenvalue weighted by Gasteiger charge is 2.35. The number of rotatable bonds is 3. The number of ether oxygens (including phenoxy) is 3. The van der Waals surface area contributed by atoms with Crippen molar-refractivity contribution in [3.8, 4) is 11.5 Å². The van der Waals surface area contributed by atoms with Crippen molar-refractivity contribution < 1.29 is 14.2 Å². The Balaban J connectivity index is 1.89. The van der Waals surface area contributed by atoms with E-state index in [9.17, 15) is 0 Å². The fourth-order valence-electron chi connectivity index (χ4n) is 2.33. The monoisotopic (exact) mass is 248 g/mol. The Hall–Kier alpha value is -1.75. The second-order valence-electron chi connectivity index (χ2n) is 4.39. The van der Waals surface area contributed by atoms with Crippen LogP contribution in [0.5, 0.6) is 11.5 Å². The molecule has 3 rings (SSSR count). The molecule has 0 bridgehead atoms. The van der Waals surface area contributed by atoms with Gasteiger partial charge in [0.1, 0.15) is 12.1 Å². The van der Waals surface area contributed by atoms with Crippen molar-refractivity contribution in [2.24, 2.45) is 4.99 Å². The van der Waals surface area contributed by atoms with Crippen molar-refractivity contribution >= 4 is 5.90 Å². The average Bonchev–Trinajstić information content (AvgIpc) is 2.98. The van der Waals surface area contributed by atoms with Gasteiger partial charge in [0.05, 0.1) is 14.2 Å². The van der Waals surface area contributed by atoms with E-state index in [0.717, 1.165) is 18.7 Å². The van der Waals surface area contributed by atoms with Crippen molar-refractivity contribution in [2.75, 3.05) is 27.3 Å². The molecule has 2 aliphatic rings. The SMILES string of the molecule is COc1ccc(C2=NC3CNCC3O2)cc1OC. The van der Waals surface area contributed by atoms with Crippen LogP contribution in [0.3, 0.4) is 0 Å². The van der Waals surface area contributed by atoms with Gasteiger partial charge in [0.25, 0.3) is 0 Å². The fourth-order valence-corrected chi connectivity index (χ4v) is 2.33. The number of nitrogens with one attached hydrogen (secondary N) is 1. The molecule has 18 heavy (non-hydrogen) atoms. The van der Waals surface area contributed by atoms with Crippen molar-refractivity contribution in [3.05, 3.63) is 23.8 Å². The van der Waals surface area contributed by atoms with Crippen LogP contribution in [0.15, 0.2) is 23.2 Å². The number of fused-ring (bicyclic) bond motifs is 1. The summed E-state index contributed by atoms with van der Waals surface area (Å²) in [5.74, 6) is 2.10. The van der Waals surface area contributed by atoms with E-state index in [0.29, 0.717) is 17.4 Å². The first-order chi connectivity index (χ1) is 8.81. The Bertz CT molecular complexity index is 487. The first-order valence-electron chi connectivity index (χ1n) is 5.99. The Kier molecular flexibility index (Phi) is 2.83. The minimum Gasteiger partial charge on any atom is -0.493 e. The van der Waals surface area contributed by atoms with Gasteiger partial charge in [0, 0.05) is 18.7 Å². The minimum atomic E-state index is 0.174. The first-order valence-corrected chi connectivity index (χ1v) is 5.99. The molecule has 1 aromatic carbocycles. The van der Waals surface area contributed by atoms with Gasteiger partial charge in [-0.3, -0.25) is 0 Å². The smallest absolute Gasteiger partial charge is 0.217 e. The first kappa shape index (κ1) is 11.3. The van der Waals surface area contributed by atoms with E-state index in [-0.39, 0.29) is 12.1 Å². The molecular formula is C13H16N2O3. The van der Waals surface area contributed by atoms with Gasteiger partial charge in [0.15, 0.2) is 11.5 Å². The van der Waals surface area contributed by atoms with Gasteiger partial charge in [-0.2, -0.15) is 0 Å². The Morgan fingerprint density at radius 3 is 2.78 bits per heavy atom. The van der Waals surface area contributed by atoms with Crippen LogP contribution >= 0.6 is 0 Å². The molecule has 0 saturated carbocycles. The molecule has 1 N–H and O–H groups in total. The van der Waals surface area contributed by atoms with Gasteiger partial charge in [-0.15, -0.1) is 0 Å². The van der Waals surface area contributed by atoms with E-state index in [2.05, 4.69) is 10.3 Å². The summed E-state index contributed by atoms with van der Waals surface area (Å²) in [6.07, 6.45) is 0.174. The van der Waals surface area contributed by atoms with E-state index < -0.39 is 0 Å². The van der Waals surface area contributed by atoms with Crippen molar-refractivity contribution in [3.63, 3.8) is 0 Å². The molecule has 2 unspecified atom stereocenters. The predicted octanol–water partition coefficient (Wildman–Crippen LogP) is 0.821. The third kappa shape index (κ3) is 1.80. The normalized spacial score (nSPS) is 25.3. The van der Waals surface area contributed by atoms with Crippen LogP contribution in [0.2, 0.25) is 0 Å². The fraction of sp³-hybridized carbons (Fsp3) is 0.462. The van der Waals surface area contributed by atoms with E-state index >= 15 is 0 Å². The molecule has 0 aliphatic carbocycles. The highest BCUT2D eigenvalue weighted by atomic mass is 16.5. The molecular weight excluding hydrogens is 232 g/mol. The zero-order valence-electron chi connectivity index (χ0n) is 10.5. The molecule has 96 valence electrons. The number of hydrogen-bond acceptors (Lipinski definition) is 5. The number of hydrogen-bond donors (Lipinski definition) is 1. The third-order valence-electron chi connectivity index (χ3n) is 3.30. The highest BCUT2D eigenvalue weighted by Crippen LogP contribution is 2.29. The third-order valence-corrected chi connectivity index (χ3v) is 3.30. The summed E-state index contributed by atoms with van der Waals surface area (Å²) < 4.78 is 16.3. The lowest BCUT2D eigenvalue weighted by molar-refractivity contribution is 0.225. The zero-order chi connectivity index (χ0) is 12.5. The number of aliphatic imine (C=N–C) groups is 1. The van der Waals surface area contributed by atoms with Gasteiger partial charge in [-0.05, 0) is 18.2 Å². The Morgan fingerprint density at radius 2 is 2.06 bits per heavy atom. The maximum Gasteiger partial charge on any atom is 0.217 e. The zero-order valence-corrected chi connectivity index (χ0v) is 10.5. The molecule has 0 spiro atoms. The lowest BCUT2D eigenvalue weighted by Gasteiger charge is -2.11. The molecule has 1 saturated heterocycles. The maximum atomic E-state index is 5.84. The quantitative estimate of drug-likeness (QED) is 0.860. The van der Waals surface area contributed by atoms with Crippen molar-refractivity contribution in [2.45, 2.75) is 12.1 Å². The Labute approximate surface area is 106 Å². The van der Waals surface area contributed by atoms with Crippen LogP contribution in [0.4, 0.5) is 0 Å². The summed E-state index contributed by atoms with van der Waals surface area (Å²) >= 11 is 0. The second kappa shape index (κ2) is 4.49. The van der Waals surface area contributed by atoms with Crippen LogP contribution in [-0.2, 0) is 4.74 Å². The average molecular weight is 248 g/mol. The van der Waals surface area contributed by atoms with Crippen LogP contribution in [0.1, 0.15) is 5.56 Å². The van der Waals surface area contributed by atoms with Gasteiger partial charge >= 0.3 is 0 Å². The van der Waals surface area contributed by atoms with Crippen LogP contribution in [-0.4, -0.2) is 45.4 Å². The molecule has 0 radical (unpaired) electrons. The summed E-state index contributed by atoms with van der Waals surface area (Å²) in [5.41, 5.74) is 0.932. The molecule has 2 atom stereocenters. The van der Waals surface area contributed by atoms with Gasteiger partial charge in [-0.25, -0.2) is 4.99 Å². The van der Waals surface area contributed by atoms with Gasteiger partial charge in [0.2, 0.25) is 5.90 Å². The molecule has 1 aromatic rings. The van der Waals surface area contributed by atoms with Gasteiger partial charge in [-0.1, -0.05) is 0 Å². The standard InChI is InChI=1S/C13H16N2O3/c1-16-10-4-3-8(5-11(10)17-2)13-15-9-6-14-7-12(9)18-13/h3-5,9,12,14H,6-7H2,1-2H3.